The summed E-state index contributed by atoms with van der Waals surface area (Å²) in [6.45, 7) is 0. The van der Waals surface area contributed by atoms with Crippen LogP contribution >= 0.6 is 15.9 Å². The van der Waals surface area contributed by atoms with Crippen LogP contribution in [0, 0.1) is 17.1 Å². The van der Waals surface area contributed by atoms with Crippen molar-refractivity contribution in [3.05, 3.63) is 58.3 Å². The molecule has 0 aromatic heterocycles. The monoisotopic (exact) mass is 333 g/mol. The van der Waals surface area contributed by atoms with Crippen molar-refractivity contribution >= 4 is 33.3 Å². The Hall–Kier alpha value is -2.39. The maximum absolute atomic E-state index is 12.9. The number of benzene rings is 2. The van der Waals surface area contributed by atoms with Gasteiger partial charge >= 0.3 is 6.03 Å². The van der Waals surface area contributed by atoms with Gasteiger partial charge in [-0.15, -0.1) is 0 Å². The second-order valence-electron chi connectivity index (χ2n) is 3.89. The van der Waals surface area contributed by atoms with Crippen LogP contribution in [0.15, 0.2) is 46.9 Å². The summed E-state index contributed by atoms with van der Waals surface area (Å²) in [6, 6.07) is 11.9. The van der Waals surface area contributed by atoms with Gasteiger partial charge < -0.3 is 10.6 Å². The highest BCUT2D eigenvalue weighted by atomic mass is 79.9. The smallest absolute Gasteiger partial charge is 0.308 e. The quantitative estimate of drug-likeness (QED) is 0.868. The summed E-state index contributed by atoms with van der Waals surface area (Å²) in [7, 11) is 0. The summed E-state index contributed by atoms with van der Waals surface area (Å²) in [6.07, 6.45) is 0. The Labute approximate surface area is 123 Å². The summed E-state index contributed by atoms with van der Waals surface area (Å²) in [5.41, 5.74) is 1.52. The van der Waals surface area contributed by atoms with Crippen molar-refractivity contribution in [3.8, 4) is 6.07 Å². The molecule has 20 heavy (non-hydrogen) atoms. The normalized spacial score (nSPS) is 9.65. The summed E-state index contributed by atoms with van der Waals surface area (Å²) >= 11 is 3.16. The zero-order valence-electron chi connectivity index (χ0n) is 10.2. The molecule has 6 heteroatoms. The molecule has 0 aliphatic rings. The Morgan fingerprint density at radius 1 is 1.15 bits per heavy atom. The van der Waals surface area contributed by atoms with Gasteiger partial charge in [0, 0.05) is 10.2 Å². The van der Waals surface area contributed by atoms with Gasteiger partial charge in [0.05, 0.1) is 17.3 Å². The molecule has 0 atom stereocenters. The van der Waals surface area contributed by atoms with Gasteiger partial charge in [0.1, 0.15) is 5.82 Å². The van der Waals surface area contributed by atoms with Gasteiger partial charge in [-0.1, -0.05) is 0 Å². The first kappa shape index (κ1) is 14.0. The molecule has 4 nitrogen and oxygen atoms in total. The molecular formula is C14H9BrFN3O. The highest BCUT2D eigenvalue weighted by Gasteiger charge is 2.06. The lowest BCUT2D eigenvalue weighted by Gasteiger charge is -2.09. The number of rotatable bonds is 2. The Morgan fingerprint density at radius 3 is 2.45 bits per heavy atom. The number of hydrogen-bond acceptors (Lipinski definition) is 2. The molecule has 2 N–H and O–H groups in total. The lowest BCUT2D eigenvalue weighted by atomic mass is 10.2. The first-order valence-corrected chi connectivity index (χ1v) is 6.41. The Kier molecular flexibility index (Phi) is 4.33. The zero-order valence-corrected chi connectivity index (χ0v) is 11.7. The standard InChI is InChI=1S/C14H9BrFN3O/c15-12-7-10(16)3-6-13(12)19-14(20)18-11-4-1-9(8-17)2-5-11/h1-7H,(H2,18,19,20). The van der Waals surface area contributed by atoms with E-state index in [0.29, 0.717) is 21.4 Å². The van der Waals surface area contributed by atoms with Gasteiger partial charge in [-0.2, -0.15) is 5.26 Å². The molecule has 0 aliphatic heterocycles. The van der Waals surface area contributed by atoms with Crippen molar-refractivity contribution in [2.24, 2.45) is 0 Å². The minimum atomic E-state index is -0.456. The third-order valence-electron chi connectivity index (χ3n) is 2.45. The van der Waals surface area contributed by atoms with Gasteiger partial charge in [0.25, 0.3) is 0 Å². The first-order valence-electron chi connectivity index (χ1n) is 5.62. The van der Waals surface area contributed by atoms with Crippen molar-refractivity contribution in [3.63, 3.8) is 0 Å². The summed E-state index contributed by atoms with van der Waals surface area (Å²) in [5.74, 6) is -0.394. The Bertz CT molecular complexity index is 680. The Balaban J connectivity index is 2.03. The third-order valence-corrected chi connectivity index (χ3v) is 3.11. The molecule has 0 heterocycles. The number of amides is 2. The maximum atomic E-state index is 12.9. The minimum absolute atomic E-state index is 0.394. The number of nitrogens with one attached hydrogen (secondary N) is 2. The number of hydrogen-bond donors (Lipinski definition) is 2. The van der Waals surface area contributed by atoms with E-state index in [0.717, 1.165) is 0 Å². The first-order chi connectivity index (χ1) is 9.58. The molecule has 2 aromatic rings. The number of halogens is 2. The van der Waals surface area contributed by atoms with E-state index in [4.69, 9.17) is 5.26 Å². The predicted octanol–water partition coefficient (Wildman–Crippen LogP) is 4.10. The summed E-state index contributed by atoms with van der Waals surface area (Å²) < 4.78 is 13.4. The molecule has 0 unspecified atom stereocenters. The lowest BCUT2D eigenvalue weighted by molar-refractivity contribution is 0.262. The van der Waals surface area contributed by atoms with Crippen LogP contribution in [-0.4, -0.2) is 6.03 Å². The number of nitrogens with zero attached hydrogens (tertiary/aromatic N) is 1. The number of urea groups is 1. The van der Waals surface area contributed by atoms with Crippen LogP contribution in [0.3, 0.4) is 0 Å². The number of anilines is 2. The van der Waals surface area contributed by atoms with Gasteiger partial charge in [0.2, 0.25) is 0 Å². The van der Waals surface area contributed by atoms with Crippen molar-refractivity contribution in [2.45, 2.75) is 0 Å². The highest BCUT2D eigenvalue weighted by molar-refractivity contribution is 9.10. The SMILES string of the molecule is N#Cc1ccc(NC(=O)Nc2ccc(F)cc2Br)cc1. The number of carbonyl (C=O) groups excluding carboxylic acids is 1. The van der Waals surface area contributed by atoms with E-state index in [-0.39, 0.29) is 0 Å². The molecule has 0 radical (unpaired) electrons. The lowest BCUT2D eigenvalue weighted by Crippen LogP contribution is -2.19. The number of carbonyl (C=O) groups is 1. The molecule has 0 spiro atoms. The minimum Gasteiger partial charge on any atom is -0.308 e. The molecule has 0 bridgehead atoms. The highest BCUT2D eigenvalue weighted by Crippen LogP contribution is 2.23. The largest absolute Gasteiger partial charge is 0.323 e. The van der Waals surface area contributed by atoms with E-state index in [1.165, 1.54) is 18.2 Å². The van der Waals surface area contributed by atoms with Crippen molar-refractivity contribution in [1.29, 1.82) is 5.26 Å². The molecule has 100 valence electrons. The molecule has 0 fully saturated rings. The zero-order chi connectivity index (χ0) is 14.5. The van der Waals surface area contributed by atoms with E-state index < -0.39 is 11.8 Å². The average Bonchev–Trinajstić information content (AvgIpc) is 2.43. The fourth-order valence-corrected chi connectivity index (χ4v) is 1.95. The third kappa shape index (κ3) is 3.56. The molecule has 2 aromatic carbocycles. The van der Waals surface area contributed by atoms with Crippen LogP contribution in [0.1, 0.15) is 5.56 Å². The fourth-order valence-electron chi connectivity index (χ4n) is 1.50. The van der Waals surface area contributed by atoms with Crippen LogP contribution in [0.2, 0.25) is 0 Å². The van der Waals surface area contributed by atoms with Gasteiger partial charge in [-0.25, -0.2) is 9.18 Å². The van der Waals surface area contributed by atoms with Crippen LogP contribution in [0.25, 0.3) is 0 Å². The molecule has 0 aliphatic carbocycles. The van der Waals surface area contributed by atoms with E-state index >= 15 is 0 Å². The fraction of sp³-hybridized carbons (Fsp3) is 0. The van der Waals surface area contributed by atoms with Gasteiger partial charge in [-0.3, -0.25) is 0 Å². The predicted molar refractivity (Wildman–Crippen MR) is 77.9 cm³/mol. The average molecular weight is 334 g/mol. The van der Waals surface area contributed by atoms with E-state index in [1.54, 1.807) is 24.3 Å². The van der Waals surface area contributed by atoms with Crippen molar-refractivity contribution in [1.82, 2.24) is 0 Å². The van der Waals surface area contributed by atoms with E-state index in [2.05, 4.69) is 26.6 Å². The van der Waals surface area contributed by atoms with Gasteiger partial charge in [-0.05, 0) is 58.4 Å². The van der Waals surface area contributed by atoms with Crippen LogP contribution in [-0.2, 0) is 0 Å². The molecule has 0 saturated heterocycles. The number of nitriles is 1. The topological polar surface area (TPSA) is 64.9 Å². The molecular weight excluding hydrogens is 325 g/mol. The molecule has 0 saturated carbocycles. The maximum Gasteiger partial charge on any atom is 0.323 e. The Morgan fingerprint density at radius 2 is 1.85 bits per heavy atom. The van der Waals surface area contributed by atoms with E-state index in [9.17, 15) is 9.18 Å². The van der Waals surface area contributed by atoms with Crippen LogP contribution < -0.4 is 10.6 Å². The molecule has 2 amide bonds. The molecule has 2 rings (SSSR count). The van der Waals surface area contributed by atoms with E-state index in [1.807, 2.05) is 6.07 Å². The van der Waals surface area contributed by atoms with Crippen molar-refractivity contribution < 1.29 is 9.18 Å². The summed E-state index contributed by atoms with van der Waals surface area (Å²) in [4.78, 5) is 11.8. The van der Waals surface area contributed by atoms with Crippen LogP contribution in [0.5, 0.6) is 0 Å². The second kappa shape index (κ2) is 6.17. The second-order valence-corrected chi connectivity index (χ2v) is 4.75. The van der Waals surface area contributed by atoms with Crippen molar-refractivity contribution in [2.75, 3.05) is 10.6 Å². The summed E-state index contributed by atoms with van der Waals surface area (Å²) in [5, 5.41) is 13.9. The van der Waals surface area contributed by atoms with Crippen LogP contribution in [0.4, 0.5) is 20.6 Å². The van der Waals surface area contributed by atoms with Gasteiger partial charge in [0.15, 0.2) is 0 Å².